The summed E-state index contributed by atoms with van der Waals surface area (Å²) in [5.74, 6) is -0.200. The van der Waals surface area contributed by atoms with Crippen LogP contribution < -0.4 is 5.32 Å². The first kappa shape index (κ1) is 18.5. The van der Waals surface area contributed by atoms with E-state index in [1.165, 1.54) is 24.4 Å². The van der Waals surface area contributed by atoms with Gasteiger partial charge in [-0.3, -0.25) is 4.79 Å². The Morgan fingerprint density at radius 3 is 1.96 bits per heavy atom. The molecule has 3 aromatic rings. The second-order valence-corrected chi connectivity index (χ2v) is 5.86. The maximum Gasteiger partial charge on any atom is 0.416 e. The molecule has 0 aliphatic carbocycles. The van der Waals surface area contributed by atoms with E-state index < -0.39 is 11.7 Å². The molecule has 2 nitrogen and oxygen atoms in total. The Morgan fingerprint density at radius 2 is 1.37 bits per heavy atom. The lowest BCUT2D eigenvalue weighted by molar-refractivity contribution is -0.137. The minimum absolute atomic E-state index is 0.200. The summed E-state index contributed by atoms with van der Waals surface area (Å²) in [6.07, 6.45) is -1.61. The van der Waals surface area contributed by atoms with Crippen LogP contribution in [0.2, 0.25) is 0 Å². The zero-order chi connectivity index (χ0) is 19.3. The molecule has 0 saturated heterocycles. The summed E-state index contributed by atoms with van der Waals surface area (Å²) in [5.41, 5.74) is 2.35. The van der Waals surface area contributed by atoms with Crippen molar-refractivity contribution in [3.63, 3.8) is 0 Å². The lowest BCUT2D eigenvalue weighted by Gasteiger charge is -2.07. The number of allylic oxidation sites excluding steroid dienone is 1. The molecule has 5 heteroatoms. The summed E-state index contributed by atoms with van der Waals surface area (Å²) < 4.78 is 37.6. The third-order valence-electron chi connectivity index (χ3n) is 3.97. The smallest absolute Gasteiger partial charge is 0.362 e. The van der Waals surface area contributed by atoms with Gasteiger partial charge in [-0.2, -0.15) is 13.2 Å². The molecule has 0 aliphatic heterocycles. The molecule has 27 heavy (non-hydrogen) atoms. The first-order valence-electron chi connectivity index (χ1n) is 8.24. The number of rotatable bonds is 5. The number of nitrogens with one attached hydrogen (secondary N) is 1. The molecule has 0 heterocycles. The summed E-state index contributed by atoms with van der Waals surface area (Å²) in [6.45, 7) is 0. The van der Waals surface area contributed by atoms with Crippen molar-refractivity contribution >= 4 is 11.5 Å². The standard InChI is InChI=1S/C22H16F3NO/c23-22(24,25)19-10-12-20(13-11-19)26-15-14-21(27)18-8-6-17(7-9-18)16-4-2-1-3-5-16/h1-15,26H/b15-14-. The van der Waals surface area contributed by atoms with Gasteiger partial charge < -0.3 is 5.32 Å². The molecule has 0 atom stereocenters. The monoisotopic (exact) mass is 367 g/mol. The highest BCUT2D eigenvalue weighted by atomic mass is 19.4. The van der Waals surface area contributed by atoms with E-state index in [4.69, 9.17) is 0 Å². The highest BCUT2D eigenvalue weighted by Gasteiger charge is 2.29. The molecule has 0 unspecified atom stereocenters. The second kappa shape index (κ2) is 7.91. The summed E-state index contributed by atoms with van der Waals surface area (Å²) in [4.78, 5) is 12.2. The Hall–Kier alpha value is -3.34. The van der Waals surface area contributed by atoms with Gasteiger partial charge in [0, 0.05) is 23.5 Å². The topological polar surface area (TPSA) is 29.1 Å². The van der Waals surface area contributed by atoms with E-state index >= 15 is 0 Å². The van der Waals surface area contributed by atoms with Crippen molar-refractivity contribution < 1.29 is 18.0 Å². The van der Waals surface area contributed by atoms with Crippen molar-refractivity contribution in [1.82, 2.24) is 0 Å². The van der Waals surface area contributed by atoms with Gasteiger partial charge in [0.25, 0.3) is 0 Å². The Labute approximate surface area is 155 Å². The molecule has 0 spiro atoms. The molecule has 1 N–H and O–H groups in total. The number of alkyl halides is 3. The van der Waals surface area contributed by atoms with E-state index in [-0.39, 0.29) is 5.78 Å². The fraction of sp³-hybridized carbons (Fsp3) is 0.0455. The van der Waals surface area contributed by atoms with E-state index in [9.17, 15) is 18.0 Å². The molecule has 0 bridgehead atoms. The average Bonchev–Trinajstić information content (AvgIpc) is 2.68. The average molecular weight is 367 g/mol. The molecular weight excluding hydrogens is 351 g/mol. The number of ketones is 1. The van der Waals surface area contributed by atoms with Crippen molar-refractivity contribution in [3.8, 4) is 11.1 Å². The minimum Gasteiger partial charge on any atom is -0.362 e. The minimum atomic E-state index is -4.36. The zero-order valence-electron chi connectivity index (χ0n) is 14.2. The van der Waals surface area contributed by atoms with Crippen LogP contribution in [-0.2, 0) is 6.18 Å². The highest BCUT2D eigenvalue weighted by Crippen LogP contribution is 2.29. The summed E-state index contributed by atoms with van der Waals surface area (Å²) in [7, 11) is 0. The molecule has 3 rings (SSSR count). The SMILES string of the molecule is O=C(/C=C\Nc1ccc(C(F)(F)F)cc1)c1ccc(-c2ccccc2)cc1. The Morgan fingerprint density at radius 1 is 0.778 bits per heavy atom. The molecule has 0 aromatic heterocycles. The maximum atomic E-state index is 12.5. The van der Waals surface area contributed by atoms with Crippen molar-refractivity contribution in [2.75, 3.05) is 5.32 Å². The largest absolute Gasteiger partial charge is 0.416 e. The van der Waals surface area contributed by atoms with E-state index in [1.54, 1.807) is 12.1 Å². The van der Waals surface area contributed by atoms with Crippen molar-refractivity contribution in [3.05, 3.63) is 102 Å². The van der Waals surface area contributed by atoms with Crippen molar-refractivity contribution in [2.45, 2.75) is 6.18 Å². The van der Waals surface area contributed by atoms with E-state index in [2.05, 4.69) is 5.32 Å². The van der Waals surface area contributed by atoms with Gasteiger partial charge in [0.1, 0.15) is 0 Å². The van der Waals surface area contributed by atoms with Crippen LogP contribution in [0.4, 0.5) is 18.9 Å². The second-order valence-electron chi connectivity index (χ2n) is 5.86. The number of benzene rings is 3. The van der Waals surface area contributed by atoms with Gasteiger partial charge in [-0.25, -0.2) is 0 Å². The number of anilines is 1. The van der Waals surface area contributed by atoms with Crippen molar-refractivity contribution in [2.24, 2.45) is 0 Å². The van der Waals surface area contributed by atoms with Crippen molar-refractivity contribution in [1.29, 1.82) is 0 Å². The van der Waals surface area contributed by atoms with E-state index in [0.29, 0.717) is 11.3 Å². The summed E-state index contributed by atoms with van der Waals surface area (Å²) >= 11 is 0. The fourth-order valence-electron chi connectivity index (χ4n) is 2.52. The van der Waals surface area contributed by atoms with Gasteiger partial charge in [0.05, 0.1) is 5.56 Å². The van der Waals surface area contributed by atoms with Crippen LogP contribution in [-0.4, -0.2) is 5.78 Å². The maximum absolute atomic E-state index is 12.5. The lowest BCUT2D eigenvalue weighted by Crippen LogP contribution is -2.04. The Balaban J connectivity index is 1.61. The van der Waals surface area contributed by atoms with Gasteiger partial charge in [-0.15, -0.1) is 0 Å². The van der Waals surface area contributed by atoms with Crippen LogP contribution in [0.3, 0.4) is 0 Å². The van der Waals surface area contributed by atoms with Gasteiger partial charge >= 0.3 is 6.18 Å². The van der Waals surface area contributed by atoms with Crippen LogP contribution in [0.1, 0.15) is 15.9 Å². The fourth-order valence-corrected chi connectivity index (χ4v) is 2.52. The van der Waals surface area contributed by atoms with E-state index in [0.717, 1.165) is 23.3 Å². The van der Waals surface area contributed by atoms with Gasteiger partial charge in [-0.05, 0) is 35.4 Å². The van der Waals surface area contributed by atoms with Crippen LogP contribution in [0.15, 0.2) is 91.1 Å². The number of halogens is 3. The van der Waals surface area contributed by atoms with Gasteiger partial charge in [0.2, 0.25) is 0 Å². The summed E-state index contributed by atoms with van der Waals surface area (Å²) in [5, 5.41) is 2.79. The highest BCUT2D eigenvalue weighted by molar-refractivity contribution is 6.04. The number of hydrogen-bond donors (Lipinski definition) is 1. The third-order valence-corrected chi connectivity index (χ3v) is 3.97. The molecule has 136 valence electrons. The lowest BCUT2D eigenvalue weighted by atomic mass is 10.0. The Bertz CT molecular complexity index is 928. The third kappa shape index (κ3) is 4.85. The predicted molar refractivity (Wildman–Crippen MR) is 100 cm³/mol. The van der Waals surface area contributed by atoms with E-state index in [1.807, 2.05) is 42.5 Å². The van der Waals surface area contributed by atoms with Crippen LogP contribution >= 0.6 is 0 Å². The molecule has 3 aromatic carbocycles. The zero-order valence-corrected chi connectivity index (χ0v) is 14.2. The molecule has 0 aliphatic rings. The predicted octanol–water partition coefficient (Wildman–Crippen LogP) is 6.18. The molecule has 0 saturated carbocycles. The first-order valence-corrected chi connectivity index (χ1v) is 8.24. The molecule has 0 amide bonds. The van der Waals surface area contributed by atoms with Gasteiger partial charge in [0.15, 0.2) is 5.78 Å². The van der Waals surface area contributed by atoms with Gasteiger partial charge in [-0.1, -0.05) is 54.6 Å². The Kier molecular flexibility index (Phi) is 5.41. The van der Waals surface area contributed by atoms with Crippen LogP contribution in [0, 0.1) is 0 Å². The number of carbonyl (C=O) groups is 1. The first-order chi connectivity index (χ1) is 12.9. The number of hydrogen-bond acceptors (Lipinski definition) is 2. The van der Waals surface area contributed by atoms with Crippen LogP contribution in [0.5, 0.6) is 0 Å². The summed E-state index contributed by atoms with van der Waals surface area (Å²) in [6, 6.07) is 21.7. The quantitative estimate of drug-likeness (QED) is 0.431. The number of carbonyl (C=O) groups excluding carboxylic acids is 1. The molecular formula is C22H16F3NO. The molecule has 0 radical (unpaired) electrons. The normalized spacial score (nSPS) is 11.5. The molecule has 0 fully saturated rings. The van der Waals surface area contributed by atoms with Crippen LogP contribution in [0.25, 0.3) is 11.1 Å².